The quantitative estimate of drug-likeness (QED) is 0.165. The van der Waals surface area contributed by atoms with Crippen LogP contribution in [0.5, 0.6) is 0 Å². The van der Waals surface area contributed by atoms with Crippen molar-refractivity contribution in [2.45, 2.75) is 84.2 Å². The van der Waals surface area contributed by atoms with Crippen LogP contribution in [0.25, 0.3) is 22.0 Å². The van der Waals surface area contributed by atoms with Crippen LogP contribution in [0.4, 0.5) is 4.79 Å². The number of aliphatic hydroxyl groups is 2. The summed E-state index contributed by atoms with van der Waals surface area (Å²) >= 11 is 2.31. The third-order valence-corrected chi connectivity index (χ3v) is 8.47. The third kappa shape index (κ3) is 8.69. The van der Waals surface area contributed by atoms with E-state index in [0.29, 0.717) is 19.4 Å². The molecule has 1 aliphatic heterocycles. The molecule has 1 saturated heterocycles. The second kappa shape index (κ2) is 13.5. The van der Waals surface area contributed by atoms with Crippen LogP contribution < -0.4 is 10.7 Å². The first-order valence-electron chi connectivity index (χ1n) is 14.6. The maximum Gasteiger partial charge on any atom is 0.408 e. The van der Waals surface area contributed by atoms with E-state index in [0.717, 1.165) is 37.7 Å². The summed E-state index contributed by atoms with van der Waals surface area (Å²) in [5.74, 6) is -0.988. The van der Waals surface area contributed by atoms with Crippen molar-refractivity contribution in [3.05, 3.63) is 57.3 Å². The zero-order chi connectivity index (χ0) is 31.5. The van der Waals surface area contributed by atoms with E-state index in [2.05, 4.69) is 56.5 Å². The molecule has 11 heteroatoms. The van der Waals surface area contributed by atoms with Gasteiger partial charge in [-0.1, -0.05) is 44.2 Å². The molecule has 1 aliphatic rings. The van der Waals surface area contributed by atoms with E-state index in [1.165, 1.54) is 10.6 Å². The minimum Gasteiger partial charge on any atom is -0.480 e. The molecule has 1 amide bonds. The first kappa shape index (κ1) is 33.2. The number of benzene rings is 2. The standard InChI is InChI=1S/C32H43IN4O6/c1-31(2,3)43-30(42)35-26(28(39)37-13-7-10-25(36-37)29(40)41)15-19-8-6-9-20(14-19)21-11-12-24-22(16-21)23(27(33)34-24)17-32(4,5)18-38/h6,8-9,11-12,14,16,25-26,28,34,36,38-39H,7,10,13,15,17-18H2,1-5H3,(H,35,42)(H,40,41)/t25-,26?,28?/m0/s1. The Morgan fingerprint density at radius 1 is 1.14 bits per heavy atom. The number of alkyl carbamates (subject to hydrolysis) is 1. The van der Waals surface area contributed by atoms with Gasteiger partial charge in [-0.15, -0.1) is 0 Å². The van der Waals surface area contributed by atoms with Crippen molar-refractivity contribution in [3.63, 3.8) is 0 Å². The number of amides is 1. The lowest BCUT2D eigenvalue weighted by Crippen LogP contribution is -2.62. The maximum atomic E-state index is 12.8. The molecule has 2 heterocycles. The number of carboxylic acid groups (broad SMARTS) is 1. The van der Waals surface area contributed by atoms with Gasteiger partial charge in [0.05, 0.1) is 9.74 Å². The molecule has 1 fully saturated rings. The molecule has 2 unspecified atom stereocenters. The molecule has 2 aromatic carbocycles. The number of carbonyl (C=O) groups is 2. The third-order valence-electron chi connectivity index (χ3n) is 7.55. The van der Waals surface area contributed by atoms with Gasteiger partial charge in [0.2, 0.25) is 0 Å². The molecule has 1 aromatic heterocycles. The minimum absolute atomic E-state index is 0.0890. The minimum atomic E-state index is -1.20. The predicted octanol–water partition coefficient (Wildman–Crippen LogP) is 4.81. The molecule has 0 aliphatic carbocycles. The highest BCUT2D eigenvalue weighted by molar-refractivity contribution is 14.1. The lowest BCUT2D eigenvalue weighted by molar-refractivity contribution is -0.147. The lowest BCUT2D eigenvalue weighted by atomic mass is 9.86. The number of halogens is 1. The van der Waals surface area contributed by atoms with Gasteiger partial charge in [0.1, 0.15) is 17.9 Å². The summed E-state index contributed by atoms with van der Waals surface area (Å²) in [6.45, 7) is 9.92. The summed E-state index contributed by atoms with van der Waals surface area (Å²) in [6, 6.07) is 12.6. The molecule has 0 saturated carbocycles. The van der Waals surface area contributed by atoms with Crippen molar-refractivity contribution in [2.75, 3.05) is 13.2 Å². The number of aromatic amines is 1. The van der Waals surface area contributed by atoms with Crippen molar-refractivity contribution in [2.24, 2.45) is 5.41 Å². The van der Waals surface area contributed by atoms with Crippen molar-refractivity contribution in [1.29, 1.82) is 0 Å². The highest BCUT2D eigenvalue weighted by Crippen LogP contribution is 2.33. The van der Waals surface area contributed by atoms with Gasteiger partial charge >= 0.3 is 12.1 Å². The Bertz CT molecular complexity index is 1450. The van der Waals surface area contributed by atoms with Crippen LogP contribution in [0.1, 0.15) is 58.6 Å². The number of hydrazine groups is 1. The largest absolute Gasteiger partial charge is 0.480 e. The van der Waals surface area contributed by atoms with Crippen molar-refractivity contribution >= 4 is 45.6 Å². The predicted molar refractivity (Wildman–Crippen MR) is 174 cm³/mol. The van der Waals surface area contributed by atoms with Crippen LogP contribution in [-0.4, -0.2) is 74.4 Å². The summed E-state index contributed by atoms with van der Waals surface area (Å²) in [4.78, 5) is 27.8. The molecule has 0 bridgehead atoms. The number of nitrogens with zero attached hydrogens (tertiary/aromatic N) is 1. The van der Waals surface area contributed by atoms with Gasteiger partial charge < -0.3 is 30.4 Å². The number of rotatable bonds is 10. The highest BCUT2D eigenvalue weighted by atomic mass is 127. The number of aromatic nitrogens is 1. The van der Waals surface area contributed by atoms with E-state index in [-0.39, 0.29) is 18.4 Å². The number of H-pyrrole nitrogens is 1. The Labute approximate surface area is 266 Å². The van der Waals surface area contributed by atoms with Gasteiger partial charge in [-0.2, -0.15) is 0 Å². The maximum absolute atomic E-state index is 12.8. The number of fused-ring (bicyclic) bond motifs is 1. The van der Waals surface area contributed by atoms with Gasteiger partial charge in [0.15, 0.2) is 0 Å². The summed E-state index contributed by atoms with van der Waals surface area (Å²) in [7, 11) is 0. The normalized spacial score (nSPS) is 17.9. The number of ether oxygens (including phenoxy) is 1. The van der Waals surface area contributed by atoms with Crippen LogP contribution in [-0.2, 0) is 22.4 Å². The average molecular weight is 707 g/mol. The molecular weight excluding hydrogens is 663 g/mol. The summed E-state index contributed by atoms with van der Waals surface area (Å²) < 4.78 is 6.54. The number of aliphatic carboxylic acids is 1. The van der Waals surface area contributed by atoms with Crippen LogP contribution in [0.15, 0.2) is 42.5 Å². The van der Waals surface area contributed by atoms with Crippen LogP contribution in [0, 0.1) is 9.12 Å². The monoisotopic (exact) mass is 706 g/mol. The summed E-state index contributed by atoms with van der Waals surface area (Å²) in [5, 5.41) is 36.2. The first-order valence-corrected chi connectivity index (χ1v) is 15.7. The van der Waals surface area contributed by atoms with E-state index in [1.54, 1.807) is 20.8 Å². The summed E-state index contributed by atoms with van der Waals surface area (Å²) in [5.41, 5.74) is 7.01. The van der Waals surface area contributed by atoms with E-state index in [1.807, 2.05) is 38.1 Å². The number of carbonyl (C=O) groups excluding carboxylic acids is 1. The fourth-order valence-electron chi connectivity index (χ4n) is 5.32. The van der Waals surface area contributed by atoms with Crippen LogP contribution in [0.2, 0.25) is 0 Å². The Morgan fingerprint density at radius 2 is 1.86 bits per heavy atom. The van der Waals surface area contributed by atoms with E-state index < -0.39 is 36.0 Å². The van der Waals surface area contributed by atoms with E-state index in [9.17, 15) is 24.9 Å². The Morgan fingerprint density at radius 3 is 2.53 bits per heavy atom. The SMILES string of the molecule is CC(C)(CO)Cc1c(I)[nH]c2ccc(-c3cccc(CC(NC(=O)OC(C)(C)C)C(O)N4CCC[C@@H](C(=O)O)N4)c3)cc12. The van der Waals surface area contributed by atoms with E-state index in [4.69, 9.17) is 4.74 Å². The van der Waals surface area contributed by atoms with Gasteiger partial charge in [-0.25, -0.2) is 15.2 Å². The molecule has 4 rings (SSSR count). The van der Waals surface area contributed by atoms with E-state index >= 15 is 0 Å². The molecule has 3 aromatic rings. The molecule has 6 N–H and O–H groups in total. The second-order valence-corrected chi connectivity index (χ2v) is 14.2. The second-order valence-electron chi connectivity index (χ2n) is 13.1. The van der Waals surface area contributed by atoms with Gasteiger partial charge in [-0.05, 0) is 109 Å². The van der Waals surface area contributed by atoms with Gasteiger partial charge in [0, 0.05) is 24.1 Å². The molecule has 43 heavy (non-hydrogen) atoms. The topological polar surface area (TPSA) is 147 Å². The number of carboxylic acids is 1. The molecule has 0 spiro atoms. The molecule has 0 radical (unpaired) electrons. The average Bonchev–Trinajstić information content (AvgIpc) is 3.24. The van der Waals surface area contributed by atoms with Crippen molar-refractivity contribution < 1.29 is 29.6 Å². The highest BCUT2D eigenvalue weighted by Gasteiger charge is 2.34. The fraction of sp³-hybridized carbons (Fsp3) is 0.500. The number of nitrogens with one attached hydrogen (secondary N) is 3. The zero-order valence-electron chi connectivity index (χ0n) is 25.4. The number of aliphatic hydroxyl groups excluding tert-OH is 2. The first-order chi connectivity index (χ1) is 20.2. The zero-order valence-corrected chi connectivity index (χ0v) is 27.6. The summed E-state index contributed by atoms with van der Waals surface area (Å²) in [6.07, 6.45) is 0.195. The number of hydrogen-bond donors (Lipinski definition) is 6. The van der Waals surface area contributed by atoms with Crippen molar-refractivity contribution in [1.82, 2.24) is 20.7 Å². The van der Waals surface area contributed by atoms with Crippen LogP contribution >= 0.6 is 22.6 Å². The number of hydrogen-bond acceptors (Lipinski definition) is 7. The Kier molecular flexibility index (Phi) is 10.4. The lowest BCUT2D eigenvalue weighted by Gasteiger charge is -2.38. The fourth-order valence-corrected chi connectivity index (χ4v) is 6.09. The molecule has 3 atom stereocenters. The Hall–Kier alpha value is -2.71. The molecule has 234 valence electrons. The smallest absolute Gasteiger partial charge is 0.408 e. The Balaban J connectivity index is 1.62. The molecule has 10 nitrogen and oxygen atoms in total. The molecular formula is C32H43IN4O6. The van der Waals surface area contributed by atoms with Gasteiger partial charge in [0.25, 0.3) is 0 Å². The van der Waals surface area contributed by atoms with Crippen LogP contribution in [0.3, 0.4) is 0 Å². The van der Waals surface area contributed by atoms with Gasteiger partial charge in [-0.3, -0.25) is 4.79 Å². The van der Waals surface area contributed by atoms with Crippen molar-refractivity contribution in [3.8, 4) is 11.1 Å².